The number of rotatable bonds is 12. The van der Waals surface area contributed by atoms with E-state index in [4.69, 9.17) is 16.3 Å². The van der Waals surface area contributed by atoms with Gasteiger partial charge in [-0.3, -0.25) is 4.79 Å². The molecule has 0 aliphatic rings. The smallest absolute Gasteiger partial charge is 0.264 e. The number of amides is 1. The van der Waals surface area contributed by atoms with Crippen molar-refractivity contribution in [2.75, 3.05) is 12.4 Å². The molecule has 0 aliphatic carbocycles. The lowest BCUT2D eigenvalue weighted by atomic mass is 10.1. The van der Waals surface area contributed by atoms with Crippen LogP contribution < -0.4 is 9.46 Å². The van der Waals surface area contributed by atoms with E-state index in [1.165, 1.54) is 0 Å². The number of hydrogen-bond acceptors (Lipinski definition) is 5. The quantitative estimate of drug-likeness (QED) is 0.309. The maximum Gasteiger partial charge on any atom is 0.264 e. The van der Waals surface area contributed by atoms with Crippen molar-refractivity contribution in [3.8, 4) is 5.75 Å². The van der Waals surface area contributed by atoms with E-state index in [1.807, 2.05) is 36.6 Å². The predicted molar refractivity (Wildman–Crippen MR) is 141 cm³/mol. The number of unbranched alkanes of at least 4 members (excludes halogenated alkanes) is 2. The van der Waals surface area contributed by atoms with Gasteiger partial charge in [0.1, 0.15) is 11.6 Å². The van der Waals surface area contributed by atoms with E-state index in [9.17, 15) is 13.2 Å². The minimum absolute atomic E-state index is 0.0679. The number of aromatic nitrogens is 2. The second kappa shape index (κ2) is 11.9. The fraction of sp³-hybridized carbons (Fsp3) is 0.462. The highest BCUT2D eigenvalue weighted by atomic mass is 35.5. The molecule has 3 aromatic rings. The number of benzene rings is 2. The van der Waals surface area contributed by atoms with Crippen LogP contribution in [0.1, 0.15) is 68.2 Å². The van der Waals surface area contributed by atoms with Crippen molar-refractivity contribution in [3.05, 3.63) is 58.4 Å². The lowest BCUT2D eigenvalue weighted by Crippen LogP contribution is -2.32. The molecule has 190 valence electrons. The Morgan fingerprint density at radius 3 is 2.63 bits per heavy atom. The Kier molecular flexibility index (Phi) is 9.19. The molecule has 0 bridgehead atoms. The van der Waals surface area contributed by atoms with Gasteiger partial charge in [-0.15, -0.1) is 0 Å². The molecule has 1 amide bonds. The fourth-order valence-electron chi connectivity index (χ4n) is 3.71. The van der Waals surface area contributed by atoms with Gasteiger partial charge in [0, 0.05) is 10.6 Å². The summed E-state index contributed by atoms with van der Waals surface area (Å²) in [5.41, 5.74) is 2.60. The average Bonchev–Trinajstić information content (AvgIpc) is 3.09. The third-order valence-electron chi connectivity index (χ3n) is 5.78. The molecule has 2 aromatic carbocycles. The molecule has 0 atom stereocenters. The monoisotopic (exact) mass is 519 g/mol. The molecular weight excluding hydrogens is 486 g/mol. The molecule has 0 spiro atoms. The van der Waals surface area contributed by atoms with Gasteiger partial charge in [-0.1, -0.05) is 51.3 Å². The molecule has 0 saturated heterocycles. The first kappa shape index (κ1) is 27.0. The Hall–Kier alpha value is -2.58. The van der Waals surface area contributed by atoms with Gasteiger partial charge in [0.25, 0.3) is 5.91 Å². The Bertz CT molecular complexity index is 1290. The number of imidazole rings is 1. The van der Waals surface area contributed by atoms with Gasteiger partial charge in [0.2, 0.25) is 10.0 Å². The van der Waals surface area contributed by atoms with E-state index in [0.717, 1.165) is 47.4 Å². The number of sulfonamides is 1. The summed E-state index contributed by atoms with van der Waals surface area (Å²) in [4.78, 5) is 17.3. The van der Waals surface area contributed by atoms with Crippen molar-refractivity contribution < 1.29 is 17.9 Å². The maximum absolute atomic E-state index is 12.7. The van der Waals surface area contributed by atoms with Gasteiger partial charge < -0.3 is 9.30 Å². The van der Waals surface area contributed by atoms with Crippen LogP contribution in [0, 0.1) is 12.8 Å². The lowest BCUT2D eigenvalue weighted by molar-refractivity contribution is 0.0981. The van der Waals surface area contributed by atoms with Crippen LogP contribution in [0.2, 0.25) is 5.02 Å². The van der Waals surface area contributed by atoms with Crippen LogP contribution in [0.5, 0.6) is 5.75 Å². The van der Waals surface area contributed by atoms with Gasteiger partial charge in [0.15, 0.2) is 0 Å². The van der Waals surface area contributed by atoms with Gasteiger partial charge in [0.05, 0.1) is 29.9 Å². The first-order chi connectivity index (χ1) is 16.6. The van der Waals surface area contributed by atoms with Crippen molar-refractivity contribution in [1.82, 2.24) is 14.3 Å². The zero-order valence-electron chi connectivity index (χ0n) is 20.8. The predicted octanol–water partition coefficient (Wildman–Crippen LogP) is 5.72. The summed E-state index contributed by atoms with van der Waals surface area (Å²) in [6.45, 7) is 9.27. The Morgan fingerprint density at radius 2 is 1.94 bits per heavy atom. The minimum atomic E-state index is -3.68. The minimum Gasteiger partial charge on any atom is -0.494 e. The number of carbonyl (C=O) groups is 1. The molecule has 0 aliphatic heterocycles. The summed E-state index contributed by atoms with van der Waals surface area (Å²) < 4.78 is 34.4. The standard InChI is InChI=1S/C26H34ClN3O4S/c1-5-6-7-14-35(32,33)29-26(31)20-9-11-24-25(15-20)30(19(4)28-24)17-21-8-10-22(16-23(21)27)34-13-12-18(2)3/h8-11,15-16,18H,5-7,12-14,17H2,1-4H3,(H,29,31). The summed E-state index contributed by atoms with van der Waals surface area (Å²) in [5, 5.41) is 0.584. The second-order valence-corrected chi connectivity index (χ2v) is 11.4. The molecule has 0 unspecified atom stereocenters. The molecule has 0 fully saturated rings. The molecule has 7 nitrogen and oxygen atoms in total. The van der Waals surface area contributed by atoms with E-state index in [2.05, 4.69) is 23.6 Å². The normalized spacial score (nSPS) is 11.8. The largest absolute Gasteiger partial charge is 0.494 e. The van der Waals surface area contributed by atoms with E-state index >= 15 is 0 Å². The SMILES string of the molecule is CCCCCS(=O)(=O)NC(=O)c1ccc2nc(C)n(Cc3ccc(OCCC(C)C)cc3Cl)c2c1. The van der Waals surface area contributed by atoms with Crippen molar-refractivity contribution in [1.29, 1.82) is 0 Å². The Labute approximate surface area is 212 Å². The number of carbonyl (C=O) groups excluding carboxylic acids is 1. The zero-order chi connectivity index (χ0) is 25.6. The highest BCUT2D eigenvalue weighted by Crippen LogP contribution is 2.26. The third kappa shape index (κ3) is 7.45. The van der Waals surface area contributed by atoms with Gasteiger partial charge in [-0.2, -0.15) is 0 Å². The van der Waals surface area contributed by atoms with Crippen LogP contribution in [0.3, 0.4) is 0 Å². The summed E-state index contributed by atoms with van der Waals surface area (Å²) >= 11 is 6.55. The molecule has 0 radical (unpaired) electrons. The number of nitrogens with zero attached hydrogens (tertiary/aromatic N) is 2. The van der Waals surface area contributed by atoms with Crippen LogP contribution in [0.25, 0.3) is 11.0 Å². The molecule has 1 aromatic heterocycles. The van der Waals surface area contributed by atoms with Gasteiger partial charge in [-0.25, -0.2) is 18.1 Å². The van der Waals surface area contributed by atoms with Crippen LogP contribution in [-0.2, 0) is 16.6 Å². The fourth-order valence-corrected chi connectivity index (χ4v) is 5.02. The van der Waals surface area contributed by atoms with E-state index in [0.29, 0.717) is 30.5 Å². The van der Waals surface area contributed by atoms with Crippen molar-refractivity contribution in [2.24, 2.45) is 5.92 Å². The van der Waals surface area contributed by atoms with E-state index in [1.54, 1.807) is 18.2 Å². The van der Waals surface area contributed by atoms with Crippen LogP contribution in [0.4, 0.5) is 0 Å². The molecule has 3 rings (SSSR count). The van der Waals surface area contributed by atoms with Crippen LogP contribution >= 0.6 is 11.6 Å². The van der Waals surface area contributed by atoms with E-state index in [-0.39, 0.29) is 11.3 Å². The number of fused-ring (bicyclic) bond motifs is 1. The Balaban J connectivity index is 1.79. The number of ether oxygens (including phenoxy) is 1. The van der Waals surface area contributed by atoms with Gasteiger partial charge >= 0.3 is 0 Å². The summed E-state index contributed by atoms with van der Waals surface area (Å²) in [5.74, 6) is 1.34. The first-order valence-corrected chi connectivity index (χ1v) is 14.1. The average molecular weight is 520 g/mol. The summed E-state index contributed by atoms with van der Waals surface area (Å²) in [7, 11) is -3.68. The number of hydrogen-bond donors (Lipinski definition) is 1. The summed E-state index contributed by atoms with van der Waals surface area (Å²) in [6.07, 6.45) is 3.19. The number of nitrogens with one attached hydrogen (secondary N) is 1. The molecule has 9 heteroatoms. The Morgan fingerprint density at radius 1 is 1.17 bits per heavy atom. The molecule has 1 heterocycles. The van der Waals surface area contributed by atoms with E-state index < -0.39 is 15.9 Å². The molecule has 35 heavy (non-hydrogen) atoms. The van der Waals surface area contributed by atoms with Crippen LogP contribution in [0.15, 0.2) is 36.4 Å². The van der Waals surface area contributed by atoms with Crippen molar-refractivity contribution in [3.63, 3.8) is 0 Å². The summed E-state index contributed by atoms with van der Waals surface area (Å²) in [6, 6.07) is 10.6. The first-order valence-electron chi connectivity index (χ1n) is 12.0. The molecule has 1 N–H and O–H groups in total. The van der Waals surface area contributed by atoms with Crippen molar-refractivity contribution in [2.45, 2.75) is 59.9 Å². The zero-order valence-corrected chi connectivity index (χ0v) is 22.4. The third-order valence-corrected chi connectivity index (χ3v) is 7.46. The number of aryl methyl sites for hydroxylation is 1. The maximum atomic E-state index is 12.7. The molecule has 0 saturated carbocycles. The topological polar surface area (TPSA) is 90.3 Å². The van der Waals surface area contributed by atoms with Crippen LogP contribution in [-0.4, -0.2) is 36.2 Å². The van der Waals surface area contributed by atoms with Gasteiger partial charge in [-0.05, 0) is 61.6 Å². The highest BCUT2D eigenvalue weighted by molar-refractivity contribution is 7.90. The second-order valence-electron chi connectivity index (χ2n) is 9.19. The van der Waals surface area contributed by atoms with Crippen molar-refractivity contribution >= 4 is 38.6 Å². The number of halogens is 1. The highest BCUT2D eigenvalue weighted by Gasteiger charge is 2.18. The molecular formula is C26H34ClN3O4S. The lowest BCUT2D eigenvalue weighted by Gasteiger charge is -2.12.